The summed E-state index contributed by atoms with van der Waals surface area (Å²) >= 11 is 0. The first-order valence-corrected chi connectivity index (χ1v) is 6.54. The summed E-state index contributed by atoms with van der Waals surface area (Å²) in [6.07, 6.45) is 2.13. The van der Waals surface area contributed by atoms with Crippen LogP contribution in [0.2, 0.25) is 0 Å². The summed E-state index contributed by atoms with van der Waals surface area (Å²) in [5.41, 5.74) is 2.55. The van der Waals surface area contributed by atoms with Crippen LogP contribution >= 0.6 is 0 Å². The van der Waals surface area contributed by atoms with Crippen molar-refractivity contribution in [2.75, 3.05) is 7.11 Å². The SMILES string of the molecule is COc1c(C)cc(C)c(C(CC(=O)O)C2CC2)c1O. The lowest BCUT2D eigenvalue weighted by molar-refractivity contribution is -0.137. The van der Waals surface area contributed by atoms with Gasteiger partial charge >= 0.3 is 5.97 Å². The van der Waals surface area contributed by atoms with E-state index in [0.717, 1.165) is 29.5 Å². The molecule has 1 aromatic carbocycles. The third kappa shape index (κ3) is 2.67. The van der Waals surface area contributed by atoms with Gasteiger partial charge in [-0.3, -0.25) is 4.79 Å². The maximum Gasteiger partial charge on any atom is 0.303 e. The van der Waals surface area contributed by atoms with Crippen molar-refractivity contribution in [1.29, 1.82) is 0 Å². The predicted molar refractivity (Wildman–Crippen MR) is 71.9 cm³/mol. The number of methoxy groups -OCH3 is 1. The molecule has 0 heterocycles. The molecule has 1 aromatic rings. The van der Waals surface area contributed by atoms with Crippen LogP contribution in [0, 0.1) is 19.8 Å². The summed E-state index contributed by atoms with van der Waals surface area (Å²) in [5, 5.41) is 19.5. The third-order valence-corrected chi connectivity index (χ3v) is 3.85. The molecule has 1 atom stereocenters. The van der Waals surface area contributed by atoms with Crippen LogP contribution in [-0.2, 0) is 4.79 Å². The standard InChI is InChI=1S/C15H20O4/c1-8-6-9(2)15(19-3)14(18)13(8)11(7-12(16)17)10-4-5-10/h6,10-11,18H,4-5,7H2,1-3H3,(H,16,17). The quantitative estimate of drug-likeness (QED) is 0.858. The highest BCUT2D eigenvalue weighted by Gasteiger charge is 2.36. The van der Waals surface area contributed by atoms with E-state index < -0.39 is 5.97 Å². The first kappa shape index (κ1) is 13.7. The van der Waals surface area contributed by atoms with Gasteiger partial charge in [0.25, 0.3) is 0 Å². The number of benzene rings is 1. The van der Waals surface area contributed by atoms with Crippen molar-refractivity contribution in [3.63, 3.8) is 0 Å². The maximum atomic E-state index is 11.0. The lowest BCUT2D eigenvalue weighted by atomic mass is 9.86. The van der Waals surface area contributed by atoms with Gasteiger partial charge < -0.3 is 14.9 Å². The van der Waals surface area contributed by atoms with E-state index in [4.69, 9.17) is 9.84 Å². The molecule has 1 aliphatic rings. The number of carbonyl (C=O) groups is 1. The molecule has 4 nitrogen and oxygen atoms in total. The Kier molecular flexibility index (Phi) is 3.69. The Hall–Kier alpha value is -1.71. The molecule has 19 heavy (non-hydrogen) atoms. The second kappa shape index (κ2) is 5.11. The van der Waals surface area contributed by atoms with Gasteiger partial charge in [0.15, 0.2) is 11.5 Å². The van der Waals surface area contributed by atoms with E-state index in [1.54, 1.807) is 0 Å². The molecule has 4 heteroatoms. The van der Waals surface area contributed by atoms with Crippen molar-refractivity contribution in [3.05, 3.63) is 22.8 Å². The van der Waals surface area contributed by atoms with Crippen LogP contribution in [0.15, 0.2) is 6.07 Å². The Bertz CT molecular complexity index is 503. The van der Waals surface area contributed by atoms with Gasteiger partial charge in [0.1, 0.15) is 0 Å². The lowest BCUT2D eigenvalue weighted by Gasteiger charge is -2.21. The maximum absolute atomic E-state index is 11.0. The molecule has 0 saturated heterocycles. The van der Waals surface area contributed by atoms with Crippen LogP contribution in [0.1, 0.15) is 41.9 Å². The van der Waals surface area contributed by atoms with E-state index >= 15 is 0 Å². The zero-order chi connectivity index (χ0) is 14.2. The van der Waals surface area contributed by atoms with Crippen LogP contribution in [0.3, 0.4) is 0 Å². The molecule has 1 unspecified atom stereocenters. The summed E-state index contributed by atoms with van der Waals surface area (Å²) in [4.78, 5) is 11.0. The summed E-state index contributed by atoms with van der Waals surface area (Å²) in [6.45, 7) is 3.79. The molecule has 0 aliphatic heterocycles. The minimum Gasteiger partial charge on any atom is -0.504 e. The third-order valence-electron chi connectivity index (χ3n) is 3.85. The average Bonchev–Trinajstić information content (AvgIpc) is 3.10. The lowest BCUT2D eigenvalue weighted by Crippen LogP contribution is -2.11. The first-order chi connectivity index (χ1) is 8.95. The number of phenols is 1. The molecule has 104 valence electrons. The summed E-state index contributed by atoms with van der Waals surface area (Å²) in [6, 6.07) is 1.95. The number of phenolic OH excluding ortho intramolecular Hbond substituents is 1. The summed E-state index contributed by atoms with van der Waals surface area (Å²) in [7, 11) is 1.52. The van der Waals surface area contributed by atoms with Crippen LogP contribution in [0.25, 0.3) is 0 Å². The van der Waals surface area contributed by atoms with Gasteiger partial charge in [-0.2, -0.15) is 0 Å². The molecule has 0 spiro atoms. The molecule has 0 amide bonds. The molecule has 1 aliphatic carbocycles. The van der Waals surface area contributed by atoms with E-state index in [1.165, 1.54) is 7.11 Å². The van der Waals surface area contributed by atoms with Gasteiger partial charge in [-0.05, 0) is 43.7 Å². The highest BCUT2D eigenvalue weighted by atomic mass is 16.5. The van der Waals surface area contributed by atoms with Crippen molar-refractivity contribution >= 4 is 5.97 Å². The number of aromatic hydroxyl groups is 1. The Morgan fingerprint density at radius 2 is 2.05 bits per heavy atom. The highest BCUT2D eigenvalue weighted by molar-refractivity contribution is 5.69. The zero-order valence-electron chi connectivity index (χ0n) is 11.6. The van der Waals surface area contributed by atoms with Crippen molar-refractivity contribution in [2.45, 2.75) is 39.0 Å². The fourth-order valence-corrected chi connectivity index (χ4v) is 2.88. The van der Waals surface area contributed by atoms with Gasteiger partial charge in [0, 0.05) is 11.5 Å². The smallest absolute Gasteiger partial charge is 0.303 e. The number of hydrogen-bond acceptors (Lipinski definition) is 3. The van der Waals surface area contributed by atoms with Crippen LogP contribution in [0.5, 0.6) is 11.5 Å². The van der Waals surface area contributed by atoms with Crippen molar-refractivity contribution < 1.29 is 19.7 Å². The molecule has 2 rings (SSSR count). The normalized spacial score (nSPS) is 16.2. The Labute approximate surface area is 113 Å². The fraction of sp³-hybridized carbons (Fsp3) is 0.533. The van der Waals surface area contributed by atoms with Crippen molar-refractivity contribution in [2.24, 2.45) is 5.92 Å². The number of aliphatic carboxylic acids is 1. The van der Waals surface area contributed by atoms with Crippen LogP contribution < -0.4 is 4.74 Å². The Morgan fingerprint density at radius 3 is 2.53 bits per heavy atom. The Morgan fingerprint density at radius 1 is 1.42 bits per heavy atom. The summed E-state index contributed by atoms with van der Waals surface area (Å²) in [5.74, 6) is -0.00913. The molecule has 1 saturated carbocycles. The number of carboxylic acid groups (broad SMARTS) is 1. The van der Waals surface area contributed by atoms with Gasteiger partial charge in [-0.1, -0.05) is 6.07 Å². The van der Waals surface area contributed by atoms with Gasteiger partial charge in [-0.25, -0.2) is 0 Å². The summed E-state index contributed by atoms with van der Waals surface area (Å²) < 4.78 is 5.23. The minimum absolute atomic E-state index is 0.0608. The number of hydrogen-bond donors (Lipinski definition) is 2. The number of carboxylic acids is 1. The predicted octanol–water partition coefficient (Wildman–Crippen LogP) is 2.99. The van der Waals surface area contributed by atoms with Crippen LogP contribution in [0.4, 0.5) is 0 Å². The topological polar surface area (TPSA) is 66.8 Å². The molecule has 1 fully saturated rings. The second-order valence-electron chi connectivity index (χ2n) is 5.35. The molecule has 0 radical (unpaired) electrons. The first-order valence-electron chi connectivity index (χ1n) is 6.54. The van der Waals surface area contributed by atoms with E-state index in [1.807, 2.05) is 19.9 Å². The van der Waals surface area contributed by atoms with Crippen molar-refractivity contribution in [3.8, 4) is 11.5 Å². The number of rotatable bonds is 5. The number of aryl methyl sites for hydroxylation is 2. The largest absolute Gasteiger partial charge is 0.504 e. The monoisotopic (exact) mass is 264 g/mol. The second-order valence-corrected chi connectivity index (χ2v) is 5.35. The van der Waals surface area contributed by atoms with Gasteiger partial charge in [-0.15, -0.1) is 0 Å². The Balaban J connectivity index is 2.49. The van der Waals surface area contributed by atoms with Gasteiger partial charge in [0.2, 0.25) is 0 Å². The molecular formula is C15H20O4. The average molecular weight is 264 g/mol. The minimum atomic E-state index is -0.824. The van der Waals surface area contributed by atoms with Gasteiger partial charge in [0.05, 0.1) is 13.5 Å². The van der Waals surface area contributed by atoms with E-state index in [9.17, 15) is 9.90 Å². The zero-order valence-corrected chi connectivity index (χ0v) is 11.6. The molecular weight excluding hydrogens is 244 g/mol. The fourth-order valence-electron chi connectivity index (χ4n) is 2.88. The molecule has 2 N–H and O–H groups in total. The molecule has 0 bridgehead atoms. The van der Waals surface area contributed by atoms with Crippen LogP contribution in [-0.4, -0.2) is 23.3 Å². The number of ether oxygens (including phenoxy) is 1. The van der Waals surface area contributed by atoms with E-state index in [-0.39, 0.29) is 18.1 Å². The highest BCUT2D eigenvalue weighted by Crippen LogP contribution is 2.50. The van der Waals surface area contributed by atoms with E-state index in [0.29, 0.717) is 11.7 Å². The van der Waals surface area contributed by atoms with E-state index in [2.05, 4.69) is 0 Å². The molecule has 0 aromatic heterocycles. The van der Waals surface area contributed by atoms with Crippen molar-refractivity contribution in [1.82, 2.24) is 0 Å².